The Labute approximate surface area is 116 Å². The van der Waals surface area contributed by atoms with Crippen LogP contribution in [0.1, 0.15) is 42.5 Å². The molecule has 0 amide bonds. The number of hydrogen-bond donors (Lipinski definition) is 2. The highest BCUT2D eigenvalue weighted by Gasteiger charge is 2.26. The molecule has 1 aromatic carbocycles. The highest BCUT2D eigenvalue weighted by molar-refractivity contribution is 5.73. The molecule has 0 bridgehead atoms. The minimum atomic E-state index is -0.739. The number of aliphatic carboxylic acids is 1. The fourth-order valence-electron chi connectivity index (χ4n) is 1.93. The monoisotopic (exact) mass is 263 g/mol. The molecular formula is C16H25NO2. The molecule has 0 radical (unpaired) electrons. The second-order valence-corrected chi connectivity index (χ2v) is 5.91. The van der Waals surface area contributed by atoms with Crippen LogP contribution in [-0.4, -0.2) is 17.6 Å². The molecule has 0 saturated carbocycles. The predicted octanol–water partition coefficient (Wildman–Crippen LogP) is 3.20. The summed E-state index contributed by atoms with van der Waals surface area (Å²) in [5, 5.41) is 12.4. The number of benzene rings is 1. The summed E-state index contributed by atoms with van der Waals surface area (Å²) in [6, 6.07) is 4.29. The molecule has 1 aromatic rings. The van der Waals surface area contributed by atoms with E-state index in [1.165, 1.54) is 22.3 Å². The van der Waals surface area contributed by atoms with E-state index in [1.807, 2.05) is 0 Å². The SMILES string of the molecule is Cc1ccc(CNCCC(C)(C)C(=O)O)c(C)c1C. The van der Waals surface area contributed by atoms with E-state index in [2.05, 4.69) is 38.2 Å². The van der Waals surface area contributed by atoms with E-state index in [0.717, 1.165) is 6.54 Å². The van der Waals surface area contributed by atoms with E-state index < -0.39 is 11.4 Å². The first-order valence-electron chi connectivity index (χ1n) is 6.75. The largest absolute Gasteiger partial charge is 0.481 e. The number of rotatable bonds is 6. The molecule has 106 valence electrons. The molecule has 0 aliphatic rings. The van der Waals surface area contributed by atoms with Crippen LogP contribution >= 0.6 is 0 Å². The van der Waals surface area contributed by atoms with Crippen molar-refractivity contribution in [1.82, 2.24) is 5.32 Å². The van der Waals surface area contributed by atoms with Gasteiger partial charge >= 0.3 is 5.97 Å². The first-order valence-corrected chi connectivity index (χ1v) is 6.75. The van der Waals surface area contributed by atoms with Crippen LogP contribution < -0.4 is 5.32 Å². The van der Waals surface area contributed by atoms with Crippen LogP contribution in [-0.2, 0) is 11.3 Å². The van der Waals surface area contributed by atoms with E-state index >= 15 is 0 Å². The van der Waals surface area contributed by atoms with Crippen LogP contribution in [0.15, 0.2) is 12.1 Å². The zero-order valence-electron chi connectivity index (χ0n) is 12.6. The third-order valence-electron chi connectivity index (χ3n) is 3.99. The number of nitrogens with one attached hydrogen (secondary N) is 1. The van der Waals surface area contributed by atoms with Crippen LogP contribution in [0, 0.1) is 26.2 Å². The third kappa shape index (κ3) is 4.06. The van der Waals surface area contributed by atoms with Gasteiger partial charge in [0.1, 0.15) is 0 Å². The van der Waals surface area contributed by atoms with Gasteiger partial charge in [-0.05, 0) is 69.8 Å². The summed E-state index contributed by atoms with van der Waals surface area (Å²) < 4.78 is 0. The lowest BCUT2D eigenvalue weighted by Crippen LogP contribution is -2.29. The lowest BCUT2D eigenvalue weighted by Gasteiger charge is -2.19. The second kappa shape index (κ2) is 6.20. The fraction of sp³-hybridized carbons (Fsp3) is 0.562. The predicted molar refractivity (Wildman–Crippen MR) is 78.4 cm³/mol. The van der Waals surface area contributed by atoms with Crippen molar-refractivity contribution in [3.05, 3.63) is 34.4 Å². The van der Waals surface area contributed by atoms with Crippen molar-refractivity contribution in [2.45, 2.75) is 47.6 Å². The Morgan fingerprint density at radius 3 is 2.42 bits per heavy atom. The van der Waals surface area contributed by atoms with E-state index in [1.54, 1.807) is 13.8 Å². The van der Waals surface area contributed by atoms with Crippen LogP contribution in [0.4, 0.5) is 0 Å². The van der Waals surface area contributed by atoms with Crippen molar-refractivity contribution in [1.29, 1.82) is 0 Å². The van der Waals surface area contributed by atoms with Gasteiger partial charge in [0.15, 0.2) is 0 Å². The maximum atomic E-state index is 11.0. The smallest absolute Gasteiger partial charge is 0.309 e. The topological polar surface area (TPSA) is 49.3 Å². The maximum Gasteiger partial charge on any atom is 0.309 e. The molecule has 0 aliphatic carbocycles. The normalized spacial score (nSPS) is 11.6. The summed E-state index contributed by atoms with van der Waals surface area (Å²) in [4.78, 5) is 11.0. The Kier molecular flexibility index (Phi) is 5.12. The molecule has 0 fully saturated rings. The van der Waals surface area contributed by atoms with Crippen molar-refractivity contribution in [3.63, 3.8) is 0 Å². The van der Waals surface area contributed by atoms with Gasteiger partial charge in [0.05, 0.1) is 5.41 Å². The molecule has 0 unspecified atom stereocenters. The fourth-order valence-corrected chi connectivity index (χ4v) is 1.93. The second-order valence-electron chi connectivity index (χ2n) is 5.91. The van der Waals surface area contributed by atoms with E-state index in [-0.39, 0.29) is 0 Å². The molecule has 0 heterocycles. The first kappa shape index (κ1) is 15.7. The lowest BCUT2D eigenvalue weighted by molar-refractivity contribution is -0.147. The minimum absolute atomic E-state index is 0.631. The molecule has 0 saturated heterocycles. The van der Waals surface area contributed by atoms with Gasteiger partial charge in [0.2, 0.25) is 0 Å². The average Bonchev–Trinajstić information content (AvgIpc) is 2.34. The summed E-state index contributed by atoms with van der Waals surface area (Å²) in [6.07, 6.45) is 0.631. The highest BCUT2D eigenvalue weighted by atomic mass is 16.4. The van der Waals surface area contributed by atoms with Crippen LogP contribution in [0.2, 0.25) is 0 Å². The summed E-state index contributed by atoms with van der Waals surface area (Å²) in [5.41, 5.74) is 4.60. The van der Waals surface area contributed by atoms with E-state index in [0.29, 0.717) is 13.0 Å². The number of carboxylic acids is 1. The van der Waals surface area contributed by atoms with Crippen molar-refractivity contribution in [2.24, 2.45) is 5.41 Å². The zero-order valence-corrected chi connectivity index (χ0v) is 12.6. The molecule has 0 aliphatic heterocycles. The summed E-state index contributed by atoms with van der Waals surface area (Å²) in [7, 11) is 0. The Morgan fingerprint density at radius 1 is 1.21 bits per heavy atom. The van der Waals surface area contributed by atoms with Crippen LogP contribution in [0.25, 0.3) is 0 Å². The maximum absolute atomic E-state index is 11.0. The summed E-state index contributed by atoms with van der Waals surface area (Å²) in [5.74, 6) is -0.739. The Hall–Kier alpha value is -1.35. The molecule has 19 heavy (non-hydrogen) atoms. The number of hydrogen-bond acceptors (Lipinski definition) is 2. The van der Waals surface area contributed by atoms with Crippen molar-refractivity contribution >= 4 is 5.97 Å². The van der Waals surface area contributed by atoms with Gasteiger partial charge in [0.25, 0.3) is 0 Å². The van der Waals surface area contributed by atoms with Crippen LogP contribution in [0.3, 0.4) is 0 Å². The standard InChI is InChI=1S/C16H25NO2/c1-11-6-7-14(13(3)12(11)2)10-17-9-8-16(4,5)15(18)19/h6-7,17H,8-10H2,1-5H3,(H,18,19). The van der Waals surface area contributed by atoms with Crippen molar-refractivity contribution in [2.75, 3.05) is 6.54 Å². The lowest BCUT2D eigenvalue weighted by atomic mass is 9.89. The van der Waals surface area contributed by atoms with Gasteiger partial charge in [-0.15, -0.1) is 0 Å². The van der Waals surface area contributed by atoms with E-state index in [9.17, 15) is 4.79 Å². The van der Waals surface area contributed by atoms with Gasteiger partial charge in [-0.25, -0.2) is 0 Å². The van der Waals surface area contributed by atoms with Gasteiger partial charge < -0.3 is 10.4 Å². The molecule has 0 aromatic heterocycles. The van der Waals surface area contributed by atoms with Gasteiger partial charge in [-0.2, -0.15) is 0 Å². The van der Waals surface area contributed by atoms with E-state index in [4.69, 9.17) is 5.11 Å². The number of carbonyl (C=O) groups is 1. The van der Waals surface area contributed by atoms with Gasteiger partial charge in [0, 0.05) is 6.54 Å². The average molecular weight is 263 g/mol. The van der Waals surface area contributed by atoms with Crippen LogP contribution in [0.5, 0.6) is 0 Å². The van der Waals surface area contributed by atoms with Gasteiger partial charge in [-0.1, -0.05) is 12.1 Å². The molecule has 3 nitrogen and oxygen atoms in total. The summed E-state index contributed by atoms with van der Waals surface area (Å²) >= 11 is 0. The zero-order chi connectivity index (χ0) is 14.6. The molecule has 2 N–H and O–H groups in total. The van der Waals surface area contributed by atoms with Crippen molar-refractivity contribution < 1.29 is 9.90 Å². The Bertz CT molecular complexity index is 464. The first-order chi connectivity index (χ1) is 8.75. The molecule has 3 heteroatoms. The van der Waals surface area contributed by atoms with Crippen molar-refractivity contribution in [3.8, 4) is 0 Å². The Morgan fingerprint density at radius 2 is 1.84 bits per heavy atom. The van der Waals surface area contributed by atoms with Gasteiger partial charge in [-0.3, -0.25) is 4.79 Å². The third-order valence-corrected chi connectivity index (χ3v) is 3.99. The quantitative estimate of drug-likeness (QED) is 0.775. The molecule has 1 rings (SSSR count). The summed E-state index contributed by atoms with van der Waals surface area (Å²) in [6.45, 7) is 11.4. The number of carboxylic acid groups (broad SMARTS) is 1. The molecule has 0 atom stereocenters. The number of aryl methyl sites for hydroxylation is 1. The minimum Gasteiger partial charge on any atom is -0.481 e. The Balaban J connectivity index is 2.51. The molecule has 0 spiro atoms. The molecular weight excluding hydrogens is 238 g/mol. The highest BCUT2D eigenvalue weighted by Crippen LogP contribution is 2.20.